The third-order valence-electron chi connectivity index (χ3n) is 5.34. The molecule has 2 heterocycles. The van der Waals surface area contributed by atoms with E-state index in [1.54, 1.807) is 18.2 Å². The number of methoxy groups -OCH3 is 1. The van der Waals surface area contributed by atoms with E-state index in [4.69, 9.17) is 9.72 Å². The molecule has 0 unspecified atom stereocenters. The van der Waals surface area contributed by atoms with Crippen LogP contribution >= 0.6 is 11.8 Å². The Bertz CT molecular complexity index is 1550. The van der Waals surface area contributed by atoms with Gasteiger partial charge in [-0.2, -0.15) is 0 Å². The number of hydrogen-bond acceptors (Lipinski definition) is 6. The summed E-state index contributed by atoms with van der Waals surface area (Å²) in [6.45, 7) is 2.05. The molecule has 0 atom stereocenters. The van der Waals surface area contributed by atoms with Gasteiger partial charge >= 0.3 is 5.97 Å². The second-order valence-electron chi connectivity index (χ2n) is 7.58. The Kier molecular flexibility index (Phi) is 5.43. The predicted molar refractivity (Wildman–Crippen MR) is 129 cm³/mol. The number of H-pyrrole nitrogens is 1. The van der Waals surface area contributed by atoms with Gasteiger partial charge in [-0.25, -0.2) is 14.8 Å². The van der Waals surface area contributed by atoms with Crippen LogP contribution in [0.1, 0.15) is 21.7 Å². The van der Waals surface area contributed by atoms with Crippen molar-refractivity contribution in [3.63, 3.8) is 0 Å². The smallest absolute Gasteiger partial charge is 0.337 e. The summed E-state index contributed by atoms with van der Waals surface area (Å²) in [7, 11) is 1.32. The molecule has 0 bridgehead atoms. The summed E-state index contributed by atoms with van der Waals surface area (Å²) in [6.07, 6.45) is 0. The number of aromatic amines is 1. The Morgan fingerprint density at radius 1 is 1.03 bits per heavy atom. The van der Waals surface area contributed by atoms with Crippen LogP contribution in [-0.4, -0.2) is 32.6 Å². The van der Waals surface area contributed by atoms with Crippen LogP contribution in [-0.2, 0) is 10.5 Å². The van der Waals surface area contributed by atoms with Crippen molar-refractivity contribution >= 4 is 39.7 Å². The molecule has 3 aromatic carbocycles. The van der Waals surface area contributed by atoms with Crippen LogP contribution in [0.3, 0.4) is 0 Å². The van der Waals surface area contributed by atoms with Crippen molar-refractivity contribution in [3.8, 4) is 5.69 Å². The number of nitrogens with one attached hydrogen (secondary N) is 1. The number of nitrogens with zero attached hydrogens (tertiary/aromatic N) is 3. The predicted octanol–water partition coefficient (Wildman–Crippen LogP) is 4.65. The topological polar surface area (TPSA) is 89.9 Å². The summed E-state index contributed by atoms with van der Waals surface area (Å²) in [6, 6.07) is 21.0. The van der Waals surface area contributed by atoms with Gasteiger partial charge in [-0.3, -0.25) is 9.36 Å². The Balaban J connectivity index is 1.52. The molecule has 0 aliphatic carbocycles. The molecular formula is C25H20N4O3S. The first-order valence-corrected chi connectivity index (χ1v) is 11.3. The Morgan fingerprint density at radius 2 is 1.82 bits per heavy atom. The molecule has 7 nitrogen and oxygen atoms in total. The third-order valence-corrected chi connectivity index (χ3v) is 6.29. The number of esters is 1. The van der Waals surface area contributed by atoms with Gasteiger partial charge in [0.1, 0.15) is 5.82 Å². The molecule has 0 saturated heterocycles. The van der Waals surface area contributed by atoms with Gasteiger partial charge in [0.2, 0.25) is 0 Å². The summed E-state index contributed by atoms with van der Waals surface area (Å²) in [5, 5.41) is 1.22. The molecule has 33 heavy (non-hydrogen) atoms. The summed E-state index contributed by atoms with van der Waals surface area (Å²) in [5.74, 6) is 0.437. The average molecular weight is 457 g/mol. The number of benzene rings is 3. The van der Waals surface area contributed by atoms with Crippen LogP contribution in [0.5, 0.6) is 0 Å². The van der Waals surface area contributed by atoms with Gasteiger partial charge in [0.25, 0.3) is 5.56 Å². The highest BCUT2D eigenvalue weighted by atomic mass is 32.2. The number of ether oxygens (including phenoxy) is 1. The minimum atomic E-state index is -0.471. The van der Waals surface area contributed by atoms with Crippen molar-refractivity contribution in [1.29, 1.82) is 0 Å². The number of carbonyl (C=O) groups is 1. The van der Waals surface area contributed by atoms with Crippen LogP contribution in [0.4, 0.5) is 0 Å². The quantitative estimate of drug-likeness (QED) is 0.306. The fraction of sp³-hybridized carbons (Fsp3) is 0.120. The van der Waals surface area contributed by atoms with Gasteiger partial charge in [-0.15, -0.1) is 0 Å². The number of aromatic nitrogens is 4. The van der Waals surface area contributed by atoms with E-state index in [0.717, 1.165) is 21.9 Å². The van der Waals surface area contributed by atoms with Crippen LogP contribution in [0.15, 0.2) is 76.7 Å². The molecule has 5 rings (SSSR count). The minimum Gasteiger partial charge on any atom is -0.465 e. The highest BCUT2D eigenvalue weighted by Crippen LogP contribution is 2.29. The zero-order valence-electron chi connectivity index (χ0n) is 18.0. The lowest BCUT2D eigenvalue weighted by atomic mass is 10.1. The van der Waals surface area contributed by atoms with Crippen LogP contribution in [0.25, 0.3) is 27.6 Å². The van der Waals surface area contributed by atoms with Gasteiger partial charge < -0.3 is 9.72 Å². The van der Waals surface area contributed by atoms with E-state index in [9.17, 15) is 9.59 Å². The third kappa shape index (κ3) is 4.01. The first-order valence-electron chi connectivity index (χ1n) is 10.3. The summed E-state index contributed by atoms with van der Waals surface area (Å²) in [4.78, 5) is 36.7. The molecule has 164 valence electrons. The first-order chi connectivity index (χ1) is 16.0. The fourth-order valence-electron chi connectivity index (χ4n) is 3.68. The first kappa shape index (κ1) is 21.0. The highest BCUT2D eigenvalue weighted by molar-refractivity contribution is 7.98. The monoisotopic (exact) mass is 456 g/mol. The molecule has 1 N–H and O–H groups in total. The number of hydrogen-bond donors (Lipinski definition) is 1. The summed E-state index contributed by atoms with van der Waals surface area (Å²) in [5.41, 5.74) is 4.64. The Hall–Kier alpha value is -3.91. The zero-order chi connectivity index (χ0) is 22.9. The molecule has 0 saturated carbocycles. The molecular weight excluding hydrogens is 436 g/mol. The standard InChI is InChI=1S/C25H20N4O3S/c1-15-7-10-17(11-8-15)29-21-6-4-3-5-19(21)27-25(29)33-14-22-26-20-13-16(24(31)32-2)9-12-18(20)23(30)28-22/h3-13H,14H2,1-2H3,(H,26,28,30). The maximum atomic E-state index is 12.6. The van der Waals surface area contributed by atoms with Gasteiger partial charge in [0.05, 0.1) is 40.4 Å². The minimum absolute atomic E-state index is 0.251. The van der Waals surface area contributed by atoms with E-state index in [-0.39, 0.29) is 5.56 Å². The summed E-state index contributed by atoms with van der Waals surface area (Å²) >= 11 is 1.48. The van der Waals surface area contributed by atoms with Crippen molar-refractivity contribution in [2.45, 2.75) is 17.8 Å². The number of aryl methyl sites for hydroxylation is 1. The molecule has 0 aliphatic heterocycles. The van der Waals surface area contributed by atoms with Crippen molar-refractivity contribution in [1.82, 2.24) is 19.5 Å². The molecule has 5 aromatic rings. The molecule has 8 heteroatoms. The maximum Gasteiger partial charge on any atom is 0.337 e. The fourth-order valence-corrected chi connectivity index (χ4v) is 4.58. The number of fused-ring (bicyclic) bond motifs is 2. The van der Waals surface area contributed by atoms with Crippen LogP contribution < -0.4 is 5.56 Å². The van der Waals surface area contributed by atoms with Gasteiger partial charge in [0.15, 0.2) is 5.16 Å². The Labute approximate surface area is 193 Å². The number of imidazole rings is 1. The van der Waals surface area contributed by atoms with Crippen molar-refractivity contribution in [2.24, 2.45) is 0 Å². The van der Waals surface area contributed by atoms with E-state index in [1.807, 2.05) is 24.3 Å². The second kappa shape index (κ2) is 8.55. The van der Waals surface area contributed by atoms with E-state index >= 15 is 0 Å². The van der Waals surface area contributed by atoms with Crippen LogP contribution in [0.2, 0.25) is 0 Å². The normalized spacial score (nSPS) is 11.2. The number of rotatable bonds is 5. The molecule has 0 spiro atoms. The van der Waals surface area contributed by atoms with Crippen LogP contribution in [0, 0.1) is 6.92 Å². The number of para-hydroxylation sites is 2. The molecule has 2 aromatic heterocycles. The number of thioether (sulfide) groups is 1. The van der Waals surface area contributed by atoms with E-state index in [2.05, 4.69) is 45.7 Å². The molecule has 0 aliphatic rings. The Morgan fingerprint density at radius 3 is 2.61 bits per heavy atom. The molecule has 0 radical (unpaired) electrons. The van der Waals surface area contributed by atoms with E-state index in [0.29, 0.717) is 28.0 Å². The number of carbonyl (C=O) groups excluding carboxylic acids is 1. The van der Waals surface area contributed by atoms with Gasteiger partial charge in [-0.05, 0) is 49.4 Å². The van der Waals surface area contributed by atoms with E-state index < -0.39 is 5.97 Å². The van der Waals surface area contributed by atoms with E-state index in [1.165, 1.54) is 24.4 Å². The average Bonchev–Trinajstić information content (AvgIpc) is 3.21. The van der Waals surface area contributed by atoms with Gasteiger partial charge in [-0.1, -0.05) is 41.6 Å². The molecule has 0 fully saturated rings. The lowest BCUT2D eigenvalue weighted by Gasteiger charge is -2.09. The SMILES string of the molecule is COC(=O)c1ccc2c(=O)[nH]c(CSc3nc4ccccc4n3-c3ccc(C)cc3)nc2c1. The highest BCUT2D eigenvalue weighted by Gasteiger charge is 2.15. The lowest BCUT2D eigenvalue weighted by Crippen LogP contribution is -2.12. The van der Waals surface area contributed by atoms with Crippen molar-refractivity contribution < 1.29 is 9.53 Å². The lowest BCUT2D eigenvalue weighted by molar-refractivity contribution is 0.0601. The zero-order valence-corrected chi connectivity index (χ0v) is 18.8. The van der Waals surface area contributed by atoms with Crippen molar-refractivity contribution in [3.05, 3.63) is 94.0 Å². The van der Waals surface area contributed by atoms with Crippen molar-refractivity contribution in [2.75, 3.05) is 7.11 Å². The second-order valence-corrected chi connectivity index (χ2v) is 8.52. The largest absolute Gasteiger partial charge is 0.465 e. The summed E-state index contributed by atoms with van der Waals surface area (Å²) < 4.78 is 6.88. The maximum absolute atomic E-state index is 12.6. The molecule has 0 amide bonds. The van der Waals surface area contributed by atoms with Gasteiger partial charge in [0, 0.05) is 5.69 Å².